The van der Waals surface area contributed by atoms with E-state index in [4.69, 9.17) is 10.6 Å². The normalized spacial score (nSPS) is 22.4. The third-order valence-corrected chi connectivity index (χ3v) is 4.36. The number of hydrazine groups is 1. The molecule has 1 heterocycles. The minimum atomic E-state index is 0.178. The largest absolute Gasteiger partial charge is 0.375 e. The van der Waals surface area contributed by atoms with Gasteiger partial charge in [0, 0.05) is 16.0 Å². The number of nitrogens with two attached hydrogens (primary N) is 1. The number of hydrogen-bond acceptors (Lipinski definition) is 4. The number of ether oxygens (including phenoxy) is 1. The Bertz CT molecular complexity index is 358. The van der Waals surface area contributed by atoms with Crippen LogP contribution in [0.3, 0.4) is 0 Å². The molecule has 94 valence electrons. The molecule has 1 aromatic rings. The Labute approximate surface area is 115 Å². The van der Waals surface area contributed by atoms with Crippen LogP contribution in [-0.2, 0) is 11.2 Å². The molecule has 5 heteroatoms. The van der Waals surface area contributed by atoms with E-state index in [1.54, 1.807) is 0 Å². The first-order valence-corrected chi connectivity index (χ1v) is 7.64. The van der Waals surface area contributed by atoms with Crippen LogP contribution in [0.25, 0.3) is 0 Å². The summed E-state index contributed by atoms with van der Waals surface area (Å²) >= 11 is 5.41. The zero-order valence-electron chi connectivity index (χ0n) is 9.56. The SMILES string of the molecule is NNC(Cc1cccc(Br)c1)C1CSCCO1. The van der Waals surface area contributed by atoms with Gasteiger partial charge in [-0.3, -0.25) is 11.3 Å². The predicted octanol–water partition coefficient (Wildman–Crippen LogP) is 1.96. The predicted molar refractivity (Wildman–Crippen MR) is 76.0 cm³/mol. The van der Waals surface area contributed by atoms with Crippen LogP contribution < -0.4 is 11.3 Å². The molecule has 0 aliphatic carbocycles. The average molecular weight is 317 g/mol. The second-order valence-electron chi connectivity index (χ2n) is 4.09. The standard InChI is InChI=1S/C12H17BrN2OS/c13-10-3-1-2-9(6-10)7-11(15-14)12-8-17-5-4-16-12/h1-3,6,11-12,15H,4-5,7-8,14H2. The second-order valence-corrected chi connectivity index (χ2v) is 6.16. The molecule has 0 saturated carbocycles. The first kappa shape index (κ1) is 13.4. The van der Waals surface area contributed by atoms with E-state index in [1.165, 1.54) is 5.56 Å². The third-order valence-electron chi connectivity index (χ3n) is 2.85. The molecule has 0 spiro atoms. The molecule has 1 saturated heterocycles. The Morgan fingerprint density at radius 2 is 2.47 bits per heavy atom. The third kappa shape index (κ3) is 3.96. The molecule has 0 aromatic heterocycles. The summed E-state index contributed by atoms with van der Waals surface area (Å²) in [5, 5.41) is 0. The van der Waals surface area contributed by atoms with Crippen molar-refractivity contribution in [2.24, 2.45) is 5.84 Å². The van der Waals surface area contributed by atoms with Crippen molar-refractivity contribution >= 4 is 27.7 Å². The van der Waals surface area contributed by atoms with E-state index >= 15 is 0 Å². The fraction of sp³-hybridized carbons (Fsp3) is 0.500. The summed E-state index contributed by atoms with van der Waals surface area (Å²) in [6.45, 7) is 0.825. The smallest absolute Gasteiger partial charge is 0.0835 e. The summed E-state index contributed by atoms with van der Waals surface area (Å²) in [5.74, 6) is 7.74. The Morgan fingerprint density at radius 1 is 1.59 bits per heavy atom. The molecule has 3 N–H and O–H groups in total. The van der Waals surface area contributed by atoms with Gasteiger partial charge >= 0.3 is 0 Å². The summed E-state index contributed by atoms with van der Waals surface area (Å²) in [4.78, 5) is 0. The van der Waals surface area contributed by atoms with Gasteiger partial charge in [-0.25, -0.2) is 0 Å². The fourth-order valence-electron chi connectivity index (χ4n) is 1.95. The molecule has 1 aliphatic rings. The van der Waals surface area contributed by atoms with E-state index in [-0.39, 0.29) is 12.1 Å². The van der Waals surface area contributed by atoms with E-state index in [1.807, 2.05) is 23.9 Å². The number of halogens is 1. The summed E-state index contributed by atoms with van der Waals surface area (Å²) in [6.07, 6.45) is 1.10. The summed E-state index contributed by atoms with van der Waals surface area (Å²) < 4.78 is 6.86. The molecule has 0 amide bonds. The topological polar surface area (TPSA) is 47.3 Å². The highest BCUT2D eigenvalue weighted by atomic mass is 79.9. The Kier molecular flexibility index (Phi) is 5.31. The lowest BCUT2D eigenvalue weighted by Gasteiger charge is -2.29. The highest BCUT2D eigenvalue weighted by Gasteiger charge is 2.24. The van der Waals surface area contributed by atoms with Crippen molar-refractivity contribution in [1.29, 1.82) is 0 Å². The minimum Gasteiger partial charge on any atom is -0.375 e. The number of thioether (sulfide) groups is 1. The first-order chi connectivity index (χ1) is 8.29. The van der Waals surface area contributed by atoms with E-state index in [9.17, 15) is 0 Å². The van der Waals surface area contributed by atoms with Crippen LogP contribution in [0.4, 0.5) is 0 Å². The molecule has 2 rings (SSSR count). The van der Waals surface area contributed by atoms with Gasteiger partial charge in [0.1, 0.15) is 0 Å². The molecule has 2 unspecified atom stereocenters. The summed E-state index contributed by atoms with van der Waals surface area (Å²) in [6, 6.07) is 8.49. The molecule has 1 aliphatic heterocycles. The lowest BCUT2D eigenvalue weighted by Crippen LogP contribution is -2.49. The van der Waals surface area contributed by atoms with Gasteiger partial charge in [-0.2, -0.15) is 11.8 Å². The lowest BCUT2D eigenvalue weighted by molar-refractivity contribution is 0.0472. The molecular weight excluding hydrogens is 300 g/mol. The Balaban J connectivity index is 1.98. The van der Waals surface area contributed by atoms with Gasteiger partial charge in [-0.05, 0) is 24.1 Å². The van der Waals surface area contributed by atoms with E-state index in [0.717, 1.165) is 29.0 Å². The second kappa shape index (κ2) is 6.75. The number of nitrogens with one attached hydrogen (secondary N) is 1. The van der Waals surface area contributed by atoms with Crippen LogP contribution >= 0.6 is 27.7 Å². The molecule has 17 heavy (non-hydrogen) atoms. The quantitative estimate of drug-likeness (QED) is 0.658. The van der Waals surface area contributed by atoms with Gasteiger partial charge in [-0.1, -0.05) is 28.1 Å². The van der Waals surface area contributed by atoms with Crippen molar-refractivity contribution < 1.29 is 4.74 Å². The lowest BCUT2D eigenvalue weighted by atomic mass is 10.0. The van der Waals surface area contributed by atoms with Crippen molar-refractivity contribution in [1.82, 2.24) is 5.43 Å². The van der Waals surface area contributed by atoms with Gasteiger partial charge in [0.05, 0.1) is 18.8 Å². The monoisotopic (exact) mass is 316 g/mol. The number of rotatable bonds is 4. The zero-order chi connectivity index (χ0) is 12.1. The van der Waals surface area contributed by atoms with Crippen molar-refractivity contribution in [3.05, 3.63) is 34.3 Å². The Hall–Kier alpha value is -0.0700. The van der Waals surface area contributed by atoms with Crippen LogP contribution in [0.15, 0.2) is 28.7 Å². The van der Waals surface area contributed by atoms with Crippen LogP contribution in [0.2, 0.25) is 0 Å². The number of hydrogen-bond donors (Lipinski definition) is 2. The van der Waals surface area contributed by atoms with Crippen molar-refractivity contribution in [2.75, 3.05) is 18.1 Å². The van der Waals surface area contributed by atoms with Crippen LogP contribution in [0.1, 0.15) is 5.56 Å². The highest BCUT2D eigenvalue weighted by molar-refractivity contribution is 9.10. The van der Waals surface area contributed by atoms with Gasteiger partial charge in [0.15, 0.2) is 0 Å². The van der Waals surface area contributed by atoms with Crippen LogP contribution in [0, 0.1) is 0 Å². The van der Waals surface area contributed by atoms with E-state index < -0.39 is 0 Å². The van der Waals surface area contributed by atoms with Crippen molar-refractivity contribution in [3.8, 4) is 0 Å². The Morgan fingerprint density at radius 3 is 3.12 bits per heavy atom. The van der Waals surface area contributed by atoms with E-state index in [0.29, 0.717) is 0 Å². The summed E-state index contributed by atoms with van der Waals surface area (Å²) in [7, 11) is 0. The molecule has 1 aromatic carbocycles. The molecule has 0 radical (unpaired) electrons. The maximum absolute atomic E-state index is 5.76. The van der Waals surface area contributed by atoms with Crippen LogP contribution in [-0.4, -0.2) is 30.3 Å². The van der Waals surface area contributed by atoms with E-state index in [2.05, 4.69) is 33.5 Å². The fourth-order valence-corrected chi connectivity index (χ4v) is 3.34. The number of benzene rings is 1. The highest BCUT2D eigenvalue weighted by Crippen LogP contribution is 2.19. The van der Waals surface area contributed by atoms with Crippen molar-refractivity contribution in [2.45, 2.75) is 18.6 Å². The average Bonchev–Trinajstić information content (AvgIpc) is 2.37. The maximum atomic E-state index is 5.76. The van der Waals surface area contributed by atoms with Gasteiger partial charge in [-0.15, -0.1) is 0 Å². The molecule has 3 nitrogen and oxygen atoms in total. The molecular formula is C12H17BrN2OS. The van der Waals surface area contributed by atoms with Gasteiger partial charge < -0.3 is 4.74 Å². The van der Waals surface area contributed by atoms with Crippen LogP contribution in [0.5, 0.6) is 0 Å². The van der Waals surface area contributed by atoms with Gasteiger partial charge in [0.25, 0.3) is 0 Å². The first-order valence-electron chi connectivity index (χ1n) is 5.69. The van der Waals surface area contributed by atoms with Gasteiger partial charge in [0.2, 0.25) is 0 Å². The molecule has 2 atom stereocenters. The molecule has 0 bridgehead atoms. The molecule has 1 fully saturated rings. The minimum absolute atomic E-state index is 0.178. The van der Waals surface area contributed by atoms with Crippen molar-refractivity contribution in [3.63, 3.8) is 0 Å². The maximum Gasteiger partial charge on any atom is 0.0835 e. The summed E-state index contributed by atoms with van der Waals surface area (Å²) in [5.41, 5.74) is 4.15. The zero-order valence-corrected chi connectivity index (χ0v) is 12.0.